The van der Waals surface area contributed by atoms with Gasteiger partial charge < -0.3 is 24.2 Å². The maximum atomic E-state index is 12.6. The van der Waals surface area contributed by atoms with Crippen molar-refractivity contribution in [3.63, 3.8) is 0 Å². The summed E-state index contributed by atoms with van der Waals surface area (Å²) in [5.41, 5.74) is 1.25. The van der Waals surface area contributed by atoms with Crippen LogP contribution in [-0.4, -0.2) is 53.8 Å². The van der Waals surface area contributed by atoms with Crippen LogP contribution in [0.3, 0.4) is 0 Å². The molecule has 26 heavy (non-hydrogen) atoms. The quantitative estimate of drug-likeness (QED) is 0.853. The van der Waals surface area contributed by atoms with Crippen LogP contribution in [0, 0.1) is 0 Å². The molecule has 1 saturated heterocycles. The number of piperazine rings is 1. The van der Waals surface area contributed by atoms with Crippen LogP contribution in [0.2, 0.25) is 0 Å². The summed E-state index contributed by atoms with van der Waals surface area (Å²) in [5, 5.41) is 9.46. The number of benzene rings is 1. The van der Waals surface area contributed by atoms with Crippen molar-refractivity contribution in [2.24, 2.45) is 0 Å². The highest BCUT2D eigenvalue weighted by atomic mass is 16.5. The molecule has 138 valence electrons. The van der Waals surface area contributed by atoms with Gasteiger partial charge in [-0.15, -0.1) is 0 Å². The summed E-state index contributed by atoms with van der Waals surface area (Å²) < 4.78 is 6.60. The Morgan fingerprint density at radius 1 is 1.15 bits per heavy atom. The lowest BCUT2D eigenvalue weighted by molar-refractivity contribution is -0.132. The fourth-order valence-corrected chi connectivity index (χ4v) is 3.13. The zero-order valence-electron chi connectivity index (χ0n) is 14.8. The minimum Gasteiger partial charge on any atom is -0.491 e. The Bertz CT molecular complexity index is 811. The van der Waals surface area contributed by atoms with Crippen LogP contribution in [0.4, 0.5) is 5.69 Å². The van der Waals surface area contributed by atoms with E-state index in [0.29, 0.717) is 18.8 Å². The fourth-order valence-electron chi connectivity index (χ4n) is 3.13. The summed E-state index contributed by atoms with van der Waals surface area (Å²) in [7, 11) is 1.41. The molecular formula is C19H23N3O4. The second kappa shape index (κ2) is 8.05. The third-order valence-corrected chi connectivity index (χ3v) is 4.62. The Kier molecular flexibility index (Phi) is 5.58. The third kappa shape index (κ3) is 3.88. The van der Waals surface area contributed by atoms with Gasteiger partial charge in [0.1, 0.15) is 6.54 Å². The first kappa shape index (κ1) is 18.0. The number of hydrogen-bond donors (Lipinski definition) is 1. The number of ether oxygens (including phenoxy) is 1. The van der Waals surface area contributed by atoms with E-state index >= 15 is 0 Å². The zero-order chi connectivity index (χ0) is 18.5. The second-order valence-corrected chi connectivity index (χ2v) is 6.19. The predicted molar refractivity (Wildman–Crippen MR) is 98.4 cm³/mol. The molecule has 1 N–H and O–H groups in total. The molecule has 1 amide bonds. The summed E-state index contributed by atoms with van der Waals surface area (Å²) >= 11 is 0. The number of carbonyl (C=O) groups excluding carboxylic acids is 1. The molecule has 2 heterocycles. The molecule has 7 heteroatoms. The van der Waals surface area contributed by atoms with Crippen LogP contribution in [0.25, 0.3) is 0 Å². The SMILES string of the molecule is COc1cn(CC(=O)N2CCN(c3ccccc3)CC2)c(CO)cc1=O. The van der Waals surface area contributed by atoms with E-state index in [4.69, 9.17) is 4.74 Å². The molecule has 0 bridgehead atoms. The molecule has 0 atom stereocenters. The first-order valence-corrected chi connectivity index (χ1v) is 8.58. The van der Waals surface area contributed by atoms with Gasteiger partial charge in [-0.3, -0.25) is 9.59 Å². The Morgan fingerprint density at radius 2 is 1.85 bits per heavy atom. The lowest BCUT2D eigenvalue weighted by atomic mass is 10.2. The lowest BCUT2D eigenvalue weighted by Crippen LogP contribution is -2.49. The van der Waals surface area contributed by atoms with E-state index in [0.717, 1.165) is 18.8 Å². The minimum absolute atomic E-state index is 0.0434. The molecule has 1 aromatic heterocycles. The molecule has 7 nitrogen and oxygen atoms in total. The second-order valence-electron chi connectivity index (χ2n) is 6.19. The van der Waals surface area contributed by atoms with Crippen LogP contribution in [0.15, 0.2) is 47.4 Å². The lowest BCUT2D eigenvalue weighted by Gasteiger charge is -2.36. The summed E-state index contributed by atoms with van der Waals surface area (Å²) in [6, 6.07) is 11.4. The number of amides is 1. The molecule has 0 radical (unpaired) electrons. The third-order valence-electron chi connectivity index (χ3n) is 4.62. The van der Waals surface area contributed by atoms with Crippen molar-refractivity contribution in [3.8, 4) is 5.75 Å². The van der Waals surface area contributed by atoms with E-state index in [-0.39, 0.29) is 30.2 Å². The summed E-state index contributed by atoms with van der Waals surface area (Å²) in [5.74, 6) is 0.113. The number of rotatable bonds is 5. The number of aliphatic hydroxyl groups is 1. The van der Waals surface area contributed by atoms with Gasteiger partial charge in [-0.25, -0.2) is 0 Å². The van der Waals surface area contributed by atoms with Gasteiger partial charge in [0.15, 0.2) is 5.75 Å². The Balaban J connectivity index is 1.65. The first-order chi connectivity index (χ1) is 12.6. The number of nitrogens with zero attached hydrogens (tertiary/aromatic N) is 3. The van der Waals surface area contributed by atoms with Crippen LogP contribution >= 0.6 is 0 Å². The average Bonchev–Trinajstić information content (AvgIpc) is 2.69. The van der Waals surface area contributed by atoms with Crippen molar-refractivity contribution < 1.29 is 14.6 Å². The van der Waals surface area contributed by atoms with Gasteiger partial charge in [0.25, 0.3) is 0 Å². The van der Waals surface area contributed by atoms with Gasteiger partial charge >= 0.3 is 0 Å². The van der Waals surface area contributed by atoms with Crippen molar-refractivity contribution in [1.29, 1.82) is 0 Å². The number of carbonyl (C=O) groups is 1. The van der Waals surface area contributed by atoms with Gasteiger partial charge in [-0.2, -0.15) is 0 Å². The molecule has 0 aliphatic carbocycles. The van der Waals surface area contributed by atoms with E-state index < -0.39 is 0 Å². The maximum absolute atomic E-state index is 12.6. The minimum atomic E-state index is -0.311. The molecule has 1 aromatic carbocycles. The number of anilines is 1. The van der Waals surface area contributed by atoms with Crippen molar-refractivity contribution in [1.82, 2.24) is 9.47 Å². The van der Waals surface area contributed by atoms with Crippen LogP contribution in [0.5, 0.6) is 5.75 Å². The van der Waals surface area contributed by atoms with Crippen LogP contribution in [-0.2, 0) is 17.9 Å². The van der Waals surface area contributed by atoms with Gasteiger partial charge in [-0.05, 0) is 12.1 Å². The largest absolute Gasteiger partial charge is 0.491 e. The smallest absolute Gasteiger partial charge is 0.242 e. The molecule has 1 fully saturated rings. The molecule has 1 aliphatic heterocycles. The first-order valence-electron chi connectivity index (χ1n) is 8.58. The van der Waals surface area contributed by atoms with E-state index in [9.17, 15) is 14.7 Å². The molecule has 1 aliphatic rings. The monoisotopic (exact) mass is 357 g/mol. The Hall–Kier alpha value is -2.80. The standard InChI is InChI=1S/C19H23N3O4/c1-26-18-12-22(16(14-23)11-17(18)24)13-19(25)21-9-7-20(8-10-21)15-5-3-2-4-6-15/h2-6,11-12,23H,7-10,13-14H2,1H3. The molecule has 0 spiro atoms. The fraction of sp³-hybridized carbons (Fsp3) is 0.368. The number of pyridine rings is 1. The van der Waals surface area contributed by atoms with E-state index in [2.05, 4.69) is 17.0 Å². The summed E-state index contributed by atoms with van der Waals surface area (Å²) in [6.07, 6.45) is 1.48. The molecule has 3 rings (SSSR count). The van der Waals surface area contributed by atoms with Gasteiger partial charge in [0, 0.05) is 43.6 Å². The number of methoxy groups -OCH3 is 1. The Morgan fingerprint density at radius 3 is 2.46 bits per heavy atom. The van der Waals surface area contributed by atoms with Crippen LogP contribution in [0.1, 0.15) is 5.69 Å². The number of aliphatic hydroxyl groups excluding tert-OH is 1. The average molecular weight is 357 g/mol. The number of aromatic nitrogens is 1. The zero-order valence-corrected chi connectivity index (χ0v) is 14.8. The van der Waals surface area contributed by atoms with Crippen molar-refractivity contribution in [3.05, 3.63) is 58.5 Å². The van der Waals surface area contributed by atoms with Crippen molar-refractivity contribution >= 4 is 11.6 Å². The molecule has 0 saturated carbocycles. The predicted octanol–water partition coefficient (Wildman–Crippen LogP) is 0.698. The van der Waals surface area contributed by atoms with Crippen molar-refractivity contribution in [2.45, 2.75) is 13.2 Å². The molecular weight excluding hydrogens is 334 g/mol. The topological polar surface area (TPSA) is 75.0 Å². The van der Waals surface area contributed by atoms with Crippen LogP contribution < -0.4 is 15.1 Å². The normalized spacial score (nSPS) is 14.4. The van der Waals surface area contributed by atoms with Gasteiger partial charge in [0.05, 0.1) is 19.9 Å². The van der Waals surface area contributed by atoms with E-state index in [1.54, 1.807) is 4.57 Å². The van der Waals surface area contributed by atoms with Crippen molar-refractivity contribution in [2.75, 3.05) is 38.2 Å². The van der Waals surface area contributed by atoms with Gasteiger partial charge in [-0.1, -0.05) is 18.2 Å². The van der Waals surface area contributed by atoms with Gasteiger partial charge in [0.2, 0.25) is 11.3 Å². The summed E-state index contributed by atoms with van der Waals surface area (Å²) in [4.78, 5) is 28.5. The maximum Gasteiger partial charge on any atom is 0.242 e. The van der Waals surface area contributed by atoms with E-state index in [1.165, 1.54) is 19.4 Å². The summed E-state index contributed by atoms with van der Waals surface area (Å²) in [6.45, 7) is 2.58. The number of para-hydroxylation sites is 1. The highest BCUT2D eigenvalue weighted by Crippen LogP contribution is 2.16. The molecule has 2 aromatic rings. The number of hydrogen-bond acceptors (Lipinski definition) is 5. The molecule has 0 unspecified atom stereocenters. The highest BCUT2D eigenvalue weighted by Gasteiger charge is 2.22. The van der Waals surface area contributed by atoms with E-state index in [1.807, 2.05) is 23.1 Å². The Labute approximate surface area is 152 Å². The highest BCUT2D eigenvalue weighted by molar-refractivity contribution is 5.76.